The predicted molar refractivity (Wildman–Crippen MR) is 130 cm³/mol. The summed E-state index contributed by atoms with van der Waals surface area (Å²) in [5, 5.41) is 2.98. The molecule has 1 aliphatic rings. The van der Waals surface area contributed by atoms with Gasteiger partial charge in [0.25, 0.3) is 5.91 Å². The third kappa shape index (κ3) is 4.91. The van der Waals surface area contributed by atoms with Crippen molar-refractivity contribution in [2.75, 3.05) is 36.2 Å². The summed E-state index contributed by atoms with van der Waals surface area (Å²) in [6.07, 6.45) is 1.42. The number of anilines is 1. The van der Waals surface area contributed by atoms with E-state index in [-0.39, 0.29) is 29.2 Å². The maximum atomic E-state index is 13.5. The summed E-state index contributed by atoms with van der Waals surface area (Å²) >= 11 is 0. The highest BCUT2D eigenvalue weighted by atomic mass is 32.2. The molecule has 2 unspecified atom stereocenters. The number of hydrogen-bond donors (Lipinski definition) is 1. The molecule has 12 heteroatoms. The molecule has 9 nitrogen and oxygen atoms in total. The molecule has 1 aromatic heterocycles. The Balaban J connectivity index is 2.02. The Kier molecular flexibility index (Phi) is 6.41. The number of sulfone groups is 1. The van der Waals surface area contributed by atoms with Gasteiger partial charge in [-0.1, -0.05) is 0 Å². The van der Waals surface area contributed by atoms with Gasteiger partial charge in [-0.2, -0.15) is 0 Å². The van der Waals surface area contributed by atoms with Crippen LogP contribution < -0.4 is 9.62 Å². The first-order chi connectivity index (χ1) is 16.3. The summed E-state index contributed by atoms with van der Waals surface area (Å²) in [6, 6.07) is 7.53. The first-order valence-corrected chi connectivity index (χ1v) is 14.6. The van der Waals surface area contributed by atoms with Gasteiger partial charge in [0.2, 0.25) is 10.0 Å². The summed E-state index contributed by atoms with van der Waals surface area (Å²) in [5.41, 5.74) is 1.53. The fourth-order valence-electron chi connectivity index (χ4n) is 4.34. The molecule has 1 aliphatic heterocycles. The van der Waals surface area contributed by atoms with Crippen LogP contribution in [0.25, 0.3) is 22.3 Å². The van der Waals surface area contributed by atoms with Crippen molar-refractivity contribution in [1.29, 1.82) is 0 Å². The zero-order valence-electron chi connectivity index (χ0n) is 19.5. The molecule has 0 radical (unpaired) electrons. The molecule has 2 aromatic carbocycles. The SMILES string of the molecule is CNC(=O)c1c(-c2ccc(F)cc2)oc2cc3c(cc12)C(C)OCC(CS(C)(=O)=O)N3S(C)(=O)=O. The third-order valence-corrected chi connectivity index (χ3v) is 8.00. The molecule has 0 saturated carbocycles. The lowest BCUT2D eigenvalue weighted by Gasteiger charge is -2.29. The minimum absolute atomic E-state index is 0.138. The molecule has 0 saturated heterocycles. The normalized spacial score (nSPS) is 18.8. The van der Waals surface area contributed by atoms with Crippen molar-refractivity contribution in [2.45, 2.75) is 19.1 Å². The van der Waals surface area contributed by atoms with Gasteiger partial charge in [-0.05, 0) is 37.3 Å². The van der Waals surface area contributed by atoms with Crippen LogP contribution >= 0.6 is 0 Å². The van der Waals surface area contributed by atoms with Crippen LogP contribution in [0.2, 0.25) is 0 Å². The zero-order chi connectivity index (χ0) is 25.7. The van der Waals surface area contributed by atoms with Crippen LogP contribution in [0, 0.1) is 5.82 Å². The van der Waals surface area contributed by atoms with Crippen LogP contribution in [0.4, 0.5) is 10.1 Å². The van der Waals surface area contributed by atoms with Crippen molar-refractivity contribution in [2.24, 2.45) is 0 Å². The number of nitrogens with one attached hydrogen (secondary N) is 1. The van der Waals surface area contributed by atoms with Crippen LogP contribution in [0.5, 0.6) is 0 Å². The Morgan fingerprint density at radius 3 is 2.37 bits per heavy atom. The van der Waals surface area contributed by atoms with Crippen LogP contribution in [-0.4, -0.2) is 60.7 Å². The molecule has 0 spiro atoms. The summed E-state index contributed by atoms with van der Waals surface area (Å²) in [5.74, 6) is -1.15. The van der Waals surface area contributed by atoms with Crippen molar-refractivity contribution in [3.63, 3.8) is 0 Å². The van der Waals surface area contributed by atoms with Crippen LogP contribution in [-0.2, 0) is 24.6 Å². The van der Waals surface area contributed by atoms with Crippen molar-refractivity contribution in [3.05, 3.63) is 53.3 Å². The van der Waals surface area contributed by atoms with Crippen molar-refractivity contribution < 1.29 is 35.2 Å². The van der Waals surface area contributed by atoms with Gasteiger partial charge in [-0.25, -0.2) is 21.2 Å². The number of benzene rings is 2. The Morgan fingerprint density at radius 1 is 1.14 bits per heavy atom. The number of amides is 1. The fraction of sp³-hybridized carbons (Fsp3) is 0.348. The monoisotopic (exact) mass is 524 g/mol. The summed E-state index contributed by atoms with van der Waals surface area (Å²) in [6.45, 7) is 1.58. The summed E-state index contributed by atoms with van der Waals surface area (Å²) < 4.78 is 76.3. The van der Waals surface area contributed by atoms with Crippen LogP contribution in [0.1, 0.15) is 28.9 Å². The van der Waals surface area contributed by atoms with E-state index >= 15 is 0 Å². The second kappa shape index (κ2) is 8.92. The average Bonchev–Trinajstić information content (AvgIpc) is 3.06. The first-order valence-electron chi connectivity index (χ1n) is 10.7. The molecule has 2 heterocycles. The molecule has 0 aliphatic carbocycles. The second-order valence-electron chi connectivity index (χ2n) is 8.58. The van der Waals surface area contributed by atoms with Crippen molar-refractivity contribution in [1.82, 2.24) is 5.32 Å². The van der Waals surface area contributed by atoms with Gasteiger partial charge in [-0.15, -0.1) is 0 Å². The Labute approximate surface area is 202 Å². The molecule has 188 valence electrons. The Hall–Kier alpha value is -2.96. The predicted octanol–water partition coefficient (Wildman–Crippen LogP) is 2.87. The summed E-state index contributed by atoms with van der Waals surface area (Å²) in [7, 11) is -6.01. The molecular formula is C23H25FN2O7S2. The lowest BCUT2D eigenvalue weighted by atomic mass is 10.0. The Morgan fingerprint density at radius 2 is 1.80 bits per heavy atom. The highest BCUT2D eigenvalue weighted by Gasteiger charge is 2.37. The van der Waals surface area contributed by atoms with Gasteiger partial charge >= 0.3 is 0 Å². The molecule has 3 aromatic rings. The van der Waals surface area contributed by atoms with Crippen LogP contribution in [0.15, 0.2) is 40.8 Å². The van der Waals surface area contributed by atoms with E-state index in [9.17, 15) is 26.0 Å². The number of rotatable bonds is 5. The van der Waals surface area contributed by atoms with E-state index in [2.05, 4.69) is 5.32 Å². The van der Waals surface area contributed by atoms with E-state index in [1.165, 1.54) is 37.4 Å². The number of hydrogen-bond acceptors (Lipinski definition) is 7. The van der Waals surface area contributed by atoms with Crippen molar-refractivity contribution >= 4 is 42.4 Å². The van der Waals surface area contributed by atoms with Gasteiger partial charge in [-0.3, -0.25) is 9.10 Å². The van der Waals surface area contributed by atoms with Gasteiger partial charge in [0.05, 0.1) is 42.0 Å². The van der Waals surface area contributed by atoms with Crippen LogP contribution in [0.3, 0.4) is 0 Å². The van der Waals surface area contributed by atoms with E-state index in [0.29, 0.717) is 16.5 Å². The number of furan rings is 1. The lowest BCUT2D eigenvalue weighted by molar-refractivity contribution is 0.0652. The standard InChI is InChI=1S/C23H25FN2O7S2/c1-13-17-9-18-20(33-22(21(18)23(27)25-2)14-5-7-15(24)8-6-14)10-19(17)26(35(4,30)31)16(11-32-13)12-34(3,28)29/h5-10,13,16H,11-12H2,1-4H3,(H,25,27). The molecular weight excluding hydrogens is 499 g/mol. The molecule has 2 atom stereocenters. The molecule has 0 bridgehead atoms. The zero-order valence-corrected chi connectivity index (χ0v) is 21.2. The molecule has 4 rings (SSSR count). The maximum Gasteiger partial charge on any atom is 0.255 e. The minimum atomic E-state index is -3.93. The number of carbonyl (C=O) groups excluding carboxylic acids is 1. The quantitative estimate of drug-likeness (QED) is 0.544. The number of sulfonamides is 1. The van der Waals surface area contributed by atoms with E-state index < -0.39 is 49.5 Å². The number of carbonyl (C=O) groups is 1. The number of ether oxygens (including phenoxy) is 1. The topological polar surface area (TPSA) is 123 Å². The van der Waals surface area contributed by atoms with Gasteiger partial charge in [0.1, 0.15) is 27.0 Å². The maximum absolute atomic E-state index is 13.5. The number of fused-ring (bicyclic) bond motifs is 2. The van der Waals surface area contributed by atoms with E-state index in [1.807, 2.05) is 0 Å². The van der Waals surface area contributed by atoms with Gasteiger partial charge in [0.15, 0.2) is 0 Å². The van der Waals surface area contributed by atoms with Crippen molar-refractivity contribution in [3.8, 4) is 11.3 Å². The average molecular weight is 525 g/mol. The highest BCUT2D eigenvalue weighted by Crippen LogP contribution is 2.42. The number of halogens is 1. The fourth-order valence-corrected chi connectivity index (χ4v) is 6.58. The molecule has 1 amide bonds. The molecule has 35 heavy (non-hydrogen) atoms. The van der Waals surface area contributed by atoms with E-state index in [0.717, 1.165) is 16.8 Å². The second-order valence-corrected chi connectivity index (χ2v) is 12.6. The highest BCUT2D eigenvalue weighted by molar-refractivity contribution is 7.92. The lowest BCUT2D eigenvalue weighted by Crippen LogP contribution is -2.45. The van der Waals surface area contributed by atoms with E-state index in [1.54, 1.807) is 13.0 Å². The number of nitrogens with zero attached hydrogens (tertiary/aromatic N) is 1. The largest absolute Gasteiger partial charge is 0.455 e. The van der Waals surface area contributed by atoms with Gasteiger partial charge in [0, 0.05) is 35.9 Å². The molecule has 0 fully saturated rings. The Bertz CT molecular complexity index is 1510. The molecule has 1 N–H and O–H groups in total. The minimum Gasteiger partial charge on any atom is -0.455 e. The third-order valence-electron chi connectivity index (χ3n) is 5.80. The van der Waals surface area contributed by atoms with Gasteiger partial charge < -0.3 is 14.5 Å². The summed E-state index contributed by atoms with van der Waals surface area (Å²) in [4.78, 5) is 12.9. The van der Waals surface area contributed by atoms with E-state index in [4.69, 9.17) is 9.15 Å². The first kappa shape index (κ1) is 25.1. The smallest absolute Gasteiger partial charge is 0.255 e.